The number of hydrogen-bond donors (Lipinski definition) is 0. The van der Waals surface area contributed by atoms with Gasteiger partial charge < -0.3 is 0 Å². The summed E-state index contributed by atoms with van der Waals surface area (Å²) in [6.45, 7) is 12.5. The van der Waals surface area contributed by atoms with Crippen LogP contribution in [-0.4, -0.2) is 48.1 Å². The standard InChI is InChI=1S/C19H38N2/c1-4-6-7-8-9-13-21-18-11-12-19(21)16-20(15-18)14-17(3)10-5-2/h17-19H,4-16H2,1-3H3/t17?,18-,19+. The minimum absolute atomic E-state index is 0.878. The first-order chi connectivity index (χ1) is 10.2. The maximum absolute atomic E-state index is 2.87. The van der Waals surface area contributed by atoms with Crippen LogP contribution in [0.4, 0.5) is 0 Å². The lowest BCUT2D eigenvalue weighted by atomic mass is 10.0. The summed E-state index contributed by atoms with van der Waals surface area (Å²) in [7, 11) is 0. The Hall–Kier alpha value is -0.0800. The predicted molar refractivity (Wildman–Crippen MR) is 92.8 cm³/mol. The Kier molecular flexibility index (Phi) is 7.53. The molecule has 0 aromatic heterocycles. The summed E-state index contributed by atoms with van der Waals surface area (Å²) in [5.41, 5.74) is 0. The largest absolute Gasteiger partial charge is 0.300 e. The number of rotatable bonds is 10. The fourth-order valence-corrected chi connectivity index (χ4v) is 4.51. The van der Waals surface area contributed by atoms with Crippen LogP contribution in [-0.2, 0) is 0 Å². The smallest absolute Gasteiger partial charge is 0.0227 e. The number of hydrogen-bond acceptors (Lipinski definition) is 2. The lowest BCUT2D eigenvalue weighted by Gasteiger charge is -2.42. The highest BCUT2D eigenvalue weighted by atomic mass is 15.3. The van der Waals surface area contributed by atoms with Crippen LogP contribution in [0.3, 0.4) is 0 Å². The van der Waals surface area contributed by atoms with E-state index in [-0.39, 0.29) is 0 Å². The van der Waals surface area contributed by atoms with E-state index in [9.17, 15) is 0 Å². The average Bonchev–Trinajstić information content (AvgIpc) is 2.69. The topological polar surface area (TPSA) is 6.48 Å². The van der Waals surface area contributed by atoms with E-state index in [4.69, 9.17) is 0 Å². The van der Waals surface area contributed by atoms with Crippen molar-refractivity contribution in [1.82, 2.24) is 9.80 Å². The Morgan fingerprint density at radius 3 is 2.19 bits per heavy atom. The normalized spacial score (nSPS) is 28.1. The highest BCUT2D eigenvalue weighted by molar-refractivity contribution is 4.95. The Labute approximate surface area is 133 Å². The second kappa shape index (κ2) is 9.15. The third-order valence-corrected chi connectivity index (χ3v) is 5.58. The number of fused-ring (bicyclic) bond motifs is 2. The number of nitrogens with zero attached hydrogens (tertiary/aromatic N) is 2. The van der Waals surface area contributed by atoms with Crippen molar-refractivity contribution in [2.75, 3.05) is 26.2 Å². The summed E-state index contributed by atoms with van der Waals surface area (Å²) < 4.78 is 0. The third-order valence-electron chi connectivity index (χ3n) is 5.58. The van der Waals surface area contributed by atoms with E-state index >= 15 is 0 Å². The van der Waals surface area contributed by atoms with E-state index < -0.39 is 0 Å². The molecule has 2 aliphatic rings. The minimum Gasteiger partial charge on any atom is -0.300 e. The van der Waals surface area contributed by atoms with Gasteiger partial charge in [0.15, 0.2) is 0 Å². The zero-order chi connectivity index (χ0) is 15.1. The molecule has 124 valence electrons. The third kappa shape index (κ3) is 5.25. The van der Waals surface area contributed by atoms with Crippen molar-refractivity contribution < 1.29 is 0 Å². The van der Waals surface area contributed by atoms with Crippen molar-refractivity contribution in [3.05, 3.63) is 0 Å². The fraction of sp³-hybridized carbons (Fsp3) is 1.00. The lowest BCUT2D eigenvalue weighted by molar-refractivity contribution is 0.0569. The summed E-state index contributed by atoms with van der Waals surface area (Å²) in [6, 6.07) is 1.76. The van der Waals surface area contributed by atoms with Crippen LogP contribution < -0.4 is 0 Å². The van der Waals surface area contributed by atoms with E-state index in [1.165, 1.54) is 84.0 Å². The Morgan fingerprint density at radius 2 is 1.57 bits per heavy atom. The van der Waals surface area contributed by atoms with Gasteiger partial charge in [-0.05, 0) is 38.1 Å². The average molecular weight is 295 g/mol. The van der Waals surface area contributed by atoms with Crippen molar-refractivity contribution >= 4 is 0 Å². The summed E-state index contributed by atoms with van der Waals surface area (Å²) in [5.74, 6) is 0.884. The minimum atomic E-state index is 0.878. The first kappa shape index (κ1) is 17.3. The zero-order valence-electron chi connectivity index (χ0n) is 14.8. The molecule has 2 fully saturated rings. The van der Waals surface area contributed by atoms with Crippen molar-refractivity contribution in [3.8, 4) is 0 Å². The molecule has 2 saturated heterocycles. The monoisotopic (exact) mass is 294 g/mol. The van der Waals surface area contributed by atoms with Crippen LogP contribution in [0.1, 0.15) is 78.6 Å². The summed E-state index contributed by atoms with van der Waals surface area (Å²) in [5, 5.41) is 0. The molecule has 1 unspecified atom stereocenters. The molecule has 2 bridgehead atoms. The summed E-state index contributed by atoms with van der Waals surface area (Å²) in [4.78, 5) is 5.64. The number of unbranched alkanes of at least 4 members (excludes halogenated alkanes) is 4. The number of piperazine rings is 1. The molecule has 0 aliphatic carbocycles. The van der Waals surface area contributed by atoms with Crippen molar-refractivity contribution in [2.24, 2.45) is 5.92 Å². The zero-order valence-corrected chi connectivity index (χ0v) is 14.8. The van der Waals surface area contributed by atoms with Gasteiger partial charge in [-0.1, -0.05) is 52.9 Å². The van der Waals surface area contributed by atoms with Crippen LogP contribution in [0.2, 0.25) is 0 Å². The molecule has 0 amide bonds. The van der Waals surface area contributed by atoms with Crippen molar-refractivity contribution in [2.45, 2.75) is 90.6 Å². The molecular formula is C19H38N2. The van der Waals surface area contributed by atoms with E-state index in [1.54, 1.807) is 0 Å². The summed E-state index contributed by atoms with van der Waals surface area (Å²) in [6.07, 6.45) is 12.8. The van der Waals surface area contributed by atoms with Gasteiger partial charge in [-0.15, -0.1) is 0 Å². The molecule has 0 aromatic carbocycles. The second-order valence-electron chi connectivity index (χ2n) is 7.65. The van der Waals surface area contributed by atoms with Crippen LogP contribution in [0, 0.1) is 5.92 Å². The molecule has 0 aromatic rings. The molecule has 2 nitrogen and oxygen atoms in total. The van der Waals surface area contributed by atoms with E-state index in [0.717, 1.165) is 18.0 Å². The van der Waals surface area contributed by atoms with Gasteiger partial charge in [0.05, 0.1) is 0 Å². The van der Waals surface area contributed by atoms with Crippen LogP contribution in [0.5, 0.6) is 0 Å². The van der Waals surface area contributed by atoms with Gasteiger partial charge in [0.25, 0.3) is 0 Å². The fourth-order valence-electron chi connectivity index (χ4n) is 4.51. The SMILES string of the molecule is CCCCCCCN1[C@@H]2CC[C@H]1CN(CC(C)CCC)C2. The highest BCUT2D eigenvalue weighted by Gasteiger charge is 2.39. The molecule has 3 atom stereocenters. The molecule has 0 spiro atoms. The first-order valence-corrected chi connectivity index (χ1v) is 9.72. The number of likely N-dealkylation sites (tertiary alicyclic amines) is 1. The molecule has 2 rings (SSSR count). The van der Waals surface area contributed by atoms with Gasteiger partial charge in [0.1, 0.15) is 0 Å². The van der Waals surface area contributed by atoms with Gasteiger partial charge >= 0.3 is 0 Å². The quantitative estimate of drug-likeness (QED) is 0.546. The molecule has 0 saturated carbocycles. The molecule has 2 heteroatoms. The van der Waals surface area contributed by atoms with Crippen LogP contribution in [0.25, 0.3) is 0 Å². The maximum Gasteiger partial charge on any atom is 0.0227 e. The summed E-state index contributed by atoms with van der Waals surface area (Å²) >= 11 is 0. The maximum atomic E-state index is 2.87. The van der Waals surface area contributed by atoms with E-state index in [2.05, 4.69) is 30.6 Å². The first-order valence-electron chi connectivity index (χ1n) is 9.72. The molecular weight excluding hydrogens is 256 g/mol. The molecule has 21 heavy (non-hydrogen) atoms. The van der Waals surface area contributed by atoms with Crippen molar-refractivity contribution in [1.29, 1.82) is 0 Å². The predicted octanol–water partition coefficient (Wildman–Crippen LogP) is 4.54. The Balaban J connectivity index is 1.69. The highest BCUT2D eigenvalue weighted by Crippen LogP contribution is 2.31. The van der Waals surface area contributed by atoms with Crippen LogP contribution in [0.15, 0.2) is 0 Å². The molecule has 2 heterocycles. The van der Waals surface area contributed by atoms with Crippen molar-refractivity contribution in [3.63, 3.8) is 0 Å². The van der Waals surface area contributed by atoms with Crippen LogP contribution >= 0.6 is 0 Å². The van der Waals surface area contributed by atoms with E-state index in [0.29, 0.717) is 0 Å². The Bertz CT molecular complexity index is 265. The van der Waals surface area contributed by atoms with Gasteiger partial charge in [0, 0.05) is 31.7 Å². The van der Waals surface area contributed by atoms with E-state index in [1.807, 2.05) is 0 Å². The molecule has 0 radical (unpaired) electrons. The molecule has 0 N–H and O–H groups in total. The lowest BCUT2D eigenvalue weighted by Crippen LogP contribution is -2.54. The molecule has 2 aliphatic heterocycles. The second-order valence-corrected chi connectivity index (χ2v) is 7.65. The van der Waals surface area contributed by atoms with Gasteiger partial charge in [-0.25, -0.2) is 0 Å². The van der Waals surface area contributed by atoms with Gasteiger partial charge in [-0.3, -0.25) is 9.80 Å². The van der Waals surface area contributed by atoms with Gasteiger partial charge in [-0.2, -0.15) is 0 Å². The van der Waals surface area contributed by atoms with Gasteiger partial charge in [0.2, 0.25) is 0 Å². The Morgan fingerprint density at radius 1 is 0.905 bits per heavy atom.